The quantitative estimate of drug-likeness (QED) is 0.635. The fourth-order valence-electron chi connectivity index (χ4n) is 2.46. The second-order valence-corrected chi connectivity index (χ2v) is 5.09. The van der Waals surface area contributed by atoms with Gasteiger partial charge < -0.3 is 16.2 Å². The molecule has 3 atom stereocenters. The number of carbonyl (C=O) groups excluding carboxylic acids is 1. The van der Waals surface area contributed by atoms with Crippen LogP contribution in [0.2, 0.25) is 0 Å². The van der Waals surface area contributed by atoms with Gasteiger partial charge in [0.15, 0.2) is 0 Å². The molecule has 18 heavy (non-hydrogen) atoms. The van der Waals surface area contributed by atoms with Crippen LogP contribution in [-0.4, -0.2) is 28.6 Å². The Labute approximate surface area is 107 Å². The van der Waals surface area contributed by atoms with E-state index < -0.39 is 23.5 Å². The van der Waals surface area contributed by atoms with Crippen LogP contribution in [-0.2, 0) is 9.59 Å². The van der Waals surface area contributed by atoms with Gasteiger partial charge in [-0.1, -0.05) is 19.8 Å². The lowest BCUT2D eigenvalue weighted by molar-refractivity contribution is -0.150. The van der Waals surface area contributed by atoms with Gasteiger partial charge in [0, 0.05) is 6.42 Å². The number of carboxylic acids is 1. The number of nitrogens with one attached hydrogen (secondary N) is 1. The van der Waals surface area contributed by atoms with Crippen LogP contribution < -0.4 is 11.1 Å². The molecule has 0 spiro atoms. The minimum absolute atomic E-state index is 0.108. The molecule has 1 fully saturated rings. The largest absolute Gasteiger partial charge is 0.480 e. The van der Waals surface area contributed by atoms with E-state index in [9.17, 15) is 14.7 Å². The molecule has 5 heteroatoms. The Morgan fingerprint density at radius 1 is 1.67 bits per heavy atom. The molecule has 0 heterocycles. The standard InChI is InChI=1S/C13H20N2O3/c1-3-5-10(14)11(16)15-13(12(17)18)7-4-6-9(2)8-13/h1,9-10H,4-8,14H2,2H3,(H,15,16)(H,17,18). The van der Waals surface area contributed by atoms with Crippen molar-refractivity contribution in [3.05, 3.63) is 0 Å². The fraction of sp³-hybridized carbons (Fsp3) is 0.692. The molecule has 1 saturated carbocycles. The van der Waals surface area contributed by atoms with Crippen molar-refractivity contribution in [3.63, 3.8) is 0 Å². The van der Waals surface area contributed by atoms with E-state index in [0.717, 1.165) is 12.8 Å². The zero-order valence-electron chi connectivity index (χ0n) is 10.6. The molecule has 1 amide bonds. The number of aliphatic carboxylic acids is 1. The lowest BCUT2D eigenvalue weighted by atomic mass is 9.76. The highest BCUT2D eigenvalue weighted by atomic mass is 16.4. The summed E-state index contributed by atoms with van der Waals surface area (Å²) >= 11 is 0. The smallest absolute Gasteiger partial charge is 0.329 e. The van der Waals surface area contributed by atoms with E-state index in [-0.39, 0.29) is 12.3 Å². The Hall–Kier alpha value is -1.54. The molecule has 0 saturated heterocycles. The van der Waals surface area contributed by atoms with Crippen molar-refractivity contribution in [2.24, 2.45) is 11.7 Å². The van der Waals surface area contributed by atoms with Crippen molar-refractivity contribution in [2.45, 2.75) is 50.6 Å². The van der Waals surface area contributed by atoms with E-state index in [1.807, 2.05) is 6.92 Å². The summed E-state index contributed by atoms with van der Waals surface area (Å²) in [5.74, 6) is 1.11. The van der Waals surface area contributed by atoms with Gasteiger partial charge in [0.1, 0.15) is 5.54 Å². The lowest BCUT2D eigenvalue weighted by Crippen LogP contribution is -2.59. The van der Waals surface area contributed by atoms with Gasteiger partial charge in [0.25, 0.3) is 0 Å². The highest BCUT2D eigenvalue weighted by Crippen LogP contribution is 2.32. The first-order chi connectivity index (χ1) is 8.41. The summed E-state index contributed by atoms with van der Waals surface area (Å²) in [6.45, 7) is 1.99. The molecule has 0 aromatic carbocycles. The Morgan fingerprint density at radius 2 is 2.33 bits per heavy atom. The van der Waals surface area contributed by atoms with Crippen LogP contribution in [0.3, 0.4) is 0 Å². The highest BCUT2D eigenvalue weighted by Gasteiger charge is 2.43. The molecule has 0 bridgehead atoms. The maximum atomic E-state index is 11.8. The number of terminal acetylenes is 1. The summed E-state index contributed by atoms with van der Waals surface area (Å²) in [6.07, 6.45) is 7.86. The van der Waals surface area contributed by atoms with Crippen LogP contribution in [0.4, 0.5) is 0 Å². The van der Waals surface area contributed by atoms with Crippen molar-refractivity contribution in [1.29, 1.82) is 0 Å². The predicted octanol–water partition coefficient (Wildman–Crippen LogP) is 0.487. The number of amides is 1. The molecule has 0 aromatic heterocycles. The lowest BCUT2D eigenvalue weighted by Gasteiger charge is -2.37. The molecule has 1 aliphatic rings. The number of nitrogens with two attached hydrogens (primary N) is 1. The van der Waals surface area contributed by atoms with Crippen molar-refractivity contribution in [1.82, 2.24) is 5.32 Å². The average Bonchev–Trinajstić information content (AvgIpc) is 2.29. The van der Waals surface area contributed by atoms with Crippen LogP contribution in [0.15, 0.2) is 0 Å². The van der Waals surface area contributed by atoms with Gasteiger partial charge in [-0.2, -0.15) is 0 Å². The van der Waals surface area contributed by atoms with E-state index in [0.29, 0.717) is 12.8 Å². The van der Waals surface area contributed by atoms with E-state index in [1.165, 1.54) is 0 Å². The van der Waals surface area contributed by atoms with Crippen LogP contribution >= 0.6 is 0 Å². The van der Waals surface area contributed by atoms with E-state index in [4.69, 9.17) is 12.2 Å². The maximum absolute atomic E-state index is 11.8. The first kappa shape index (κ1) is 14.5. The van der Waals surface area contributed by atoms with Crippen molar-refractivity contribution in [3.8, 4) is 12.3 Å². The topological polar surface area (TPSA) is 92.4 Å². The van der Waals surface area contributed by atoms with Crippen LogP contribution in [0.25, 0.3) is 0 Å². The van der Waals surface area contributed by atoms with E-state index >= 15 is 0 Å². The van der Waals surface area contributed by atoms with Gasteiger partial charge in [-0.15, -0.1) is 12.3 Å². The molecular formula is C13H20N2O3. The third-order valence-electron chi connectivity index (χ3n) is 3.44. The van der Waals surface area contributed by atoms with Crippen LogP contribution in [0.5, 0.6) is 0 Å². The second-order valence-electron chi connectivity index (χ2n) is 5.09. The van der Waals surface area contributed by atoms with Crippen LogP contribution in [0.1, 0.15) is 39.0 Å². The number of rotatable bonds is 4. The third-order valence-corrected chi connectivity index (χ3v) is 3.44. The zero-order valence-corrected chi connectivity index (χ0v) is 10.6. The van der Waals surface area contributed by atoms with Gasteiger partial charge in [-0.3, -0.25) is 4.79 Å². The van der Waals surface area contributed by atoms with Gasteiger partial charge in [0.2, 0.25) is 5.91 Å². The van der Waals surface area contributed by atoms with Gasteiger partial charge >= 0.3 is 5.97 Å². The fourth-order valence-corrected chi connectivity index (χ4v) is 2.46. The molecule has 1 rings (SSSR count). The first-order valence-electron chi connectivity index (χ1n) is 6.16. The molecule has 0 radical (unpaired) electrons. The summed E-state index contributed by atoms with van der Waals surface area (Å²) < 4.78 is 0. The van der Waals surface area contributed by atoms with Gasteiger partial charge in [-0.25, -0.2) is 4.79 Å². The average molecular weight is 252 g/mol. The zero-order chi connectivity index (χ0) is 13.8. The van der Waals surface area contributed by atoms with Crippen LogP contribution in [0, 0.1) is 18.3 Å². The number of carbonyl (C=O) groups is 2. The number of carboxylic acid groups (broad SMARTS) is 1. The first-order valence-corrected chi connectivity index (χ1v) is 6.16. The number of hydrogen-bond donors (Lipinski definition) is 3. The van der Waals surface area contributed by atoms with Gasteiger partial charge in [0.05, 0.1) is 6.04 Å². The molecule has 5 nitrogen and oxygen atoms in total. The molecule has 3 unspecified atom stereocenters. The molecule has 4 N–H and O–H groups in total. The molecule has 0 aromatic rings. The minimum atomic E-state index is -1.18. The minimum Gasteiger partial charge on any atom is -0.480 e. The Morgan fingerprint density at radius 3 is 2.83 bits per heavy atom. The summed E-state index contributed by atoms with van der Waals surface area (Å²) in [5, 5.41) is 12.0. The highest BCUT2D eigenvalue weighted by molar-refractivity contribution is 5.89. The van der Waals surface area contributed by atoms with Crippen molar-refractivity contribution >= 4 is 11.9 Å². The predicted molar refractivity (Wildman–Crippen MR) is 67.6 cm³/mol. The second kappa shape index (κ2) is 5.87. The monoisotopic (exact) mass is 252 g/mol. The van der Waals surface area contributed by atoms with E-state index in [2.05, 4.69) is 11.2 Å². The normalized spacial score (nSPS) is 29.1. The van der Waals surface area contributed by atoms with E-state index in [1.54, 1.807) is 0 Å². The third kappa shape index (κ3) is 3.23. The summed E-state index contributed by atoms with van der Waals surface area (Å²) in [6, 6.07) is -0.844. The van der Waals surface area contributed by atoms with Gasteiger partial charge in [-0.05, 0) is 18.8 Å². The maximum Gasteiger partial charge on any atom is 0.329 e. The summed E-state index contributed by atoms with van der Waals surface area (Å²) in [4.78, 5) is 23.3. The molecular weight excluding hydrogens is 232 g/mol. The molecule has 0 aliphatic heterocycles. The Kier molecular flexibility index (Phi) is 4.74. The summed E-state index contributed by atoms with van der Waals surface area (Å²) in [7, 11) is 0. The molecule has 1 aliphatic carbocycles. The van der Waals surface area contributed by atoms with Crippen molar-refractivity contribution in [2.75, 3.05) is 0 Å². The Bertz CT molecular complexity index is 375. The summed E-state index contributed by atoms with van der Waals surface area (Å²) in [5.41, 5.74) is 4.41. The SMILES string of the molecule is C#CCC(N)C(=O)NC1(C(=O)O)CCCC(C)C1. The van der Waals surface area contributed by atoms with Crippen molar-refractivity contribution < 1.29 is 14.7 Å². The number of hydrogen-bond acceptors (Lipinski definition) is 3. The Balaban J connectivity index is 2.78. The molecule has 100 valence electrons.